The summed E-state index contributed by atoms with van der Waals surface area (Å²) >= 11 is 7.15. The van der Waals surface area contributed by atoms with Crippen LogP contribution in [0, 0.1) is 0 Å². The molecule has 0 fully saturated rings. The molecule has 1 atom stereocenters. The molecule has 31 heavy (non-hydrogen) atoms. The summed E-state index contributed by atoms with van der Waals surface area (Å²) in [7, 11) is -3.82. The molecule has 0 aliphatic carbocycles. The monoisotopic (exact) mass is 487 g/mol. The number of hydrogen-bond donors (Lipinski definition) is 2. The highest BCUT2D eigenvalue weighted by molar-refractivity contribution is 7.89. The Bertz CT molecular complexity index is 1100. The molecule has 1 aromatic heterocycles. The number of nitrogens with two attached hydrogens (primary N) is 1. The second-order valence-corrected chi connectivity index (χ2v) is 9.56. The van der Waals surface area contributed by atoms with Crippen molar-refractivity contribution >= 4 is 55.7 Å². The Morgan fingerprint density at radius 2 is 1.84 bits per heavy atom. The molecule has 0 aliphatic rings. The third-order valence-corrected chi connectivity index (χ3v) is 7.53. The van der Waals surface area contributed by atoms with Gasteiger partial charge < -0.3 is 15.8 Å². The molecule has 3 N–H and O–H groups in total. The van der Waals surface area contributed by atoms with Gasteiger partial charge in [-0.05, 0) is 36.6 Å². The largest absolute Gasteiger partial charge is 0.449 e. The molecular formula is C19H22ClN3O6S2. The molecule has 1 heterocycles. The van der Waals surface area contributed by atoms with E-state index in [-0.39, 0.29) is 39.1 Å². The van der Waals surface area contributed by atoms with Crippen molar-refractivity contribution in [2.24, 2.45) is 5.73 Å². The third kappa shape index (κ3) is 5.62. The Morgan fingerprint density at radius 3 is 2.42 bits per heavy atom. The molecular weight excluding hydrogens is 466 g/mol. The van der Waals surface area contributed by atoms with Gasteiger partial charge in [-0.3, -0.25) is 9.59 Å². The van der Waals surface area contributed by atoms with E-state index < -0.39 is 33.9 Å². The van der Waals surface area contributed by atoms with Crippen molar-refractivity contribution in [3.05, 3.63) is 45.8 Å². The van der Waals surface area contributed by atoms with Gasteiger partial charge in [-0.15, -0.1) is 11.3 Å². The number of nitrogens with one attached hydrogen (secondary N) is 1. The lowest BCUT2D eigenvalue weighted by atomic mass is 10.2. The predicted octanol–water partition coefficient (Wildman–Crippen LogP) is 2.71. The van der Waals surface area contributed by atoms with E-state index in [1.54, 1.807) is 19.2 Å². The molecule has 2 amide bonds. The number of carbonyl (C=O) groups is 3. The van der Waals surface area contributed by atoms with Gasteiger partial charge in [-0.2, -0.15) is 4.31 Å². The van der Waals surface area contributed by atoms with E-state index in [2.05, 4.69) is 5.32 Å². The lowest BCUT2D eigenvalue weighted by Gasteiger charge is -2.19. The van der Waals surface area contributed by atoms with Gasteiger partial charge in [-0.25, -0.2) is 13.2 Å². The van der Waals surface area contributed by atoms with Gasteiger partial charge in [0.1, 0.15) is 5.00 Å². The summed E-state index contributed by atoms with van der Waals surface area (Å²) in [5.41, 5.74) is 5.18. The predicted molar refractivity (Wildman–Crippen MR) is 118 cm³/mol. The summed E-state index contributed by atoms with van der Waals surface area (Å²) in [4.78, 5) is 36.2. The first-order valence-electron chi connectivity index (χ1n) is 9.21. The van der Waals surface area contributed by atoms with E-state index in [0.29, 0.717) is 0 Å². The number of hydrogen-bond acceptors (Lipinski definition) is 7. The number of ether oxygens (including phenoxy) is 1. The molecule has 0 radical (unpaired) electrons. The van der Waals surface area contributed by atoms with E-state index in [1.807, 2.05) is 0 Å². The van der Waals surface area contributed by atoms with Crippen LogP contribution in [0.5, 0.6) is 0 Å². The van der Waals surface area contributed by atoms with Crippen LogP contribution in [-0.4, -0.2) is 49.7 Å². The van der Waals surface area contributed by atoms with Crippen molar-refractivity contribution in [3.63, 3.8) is 0 Å². The van der Waals surface area contributed by atoms with Gasteiger partial charge in [0, 0.05) is 13.1 Å². The van der Waals surface area contributed by atoms with E-state index in [0.717, 1.165) is 17.4 Å². The minimum absolute atomic E-state index is 0.0228. The maximum absolute atomic E-state index is 12.7. The zero-order valence-corrected chi connectivity index (χ0v) is 19.4. The highest BCUT2D eigenvalue weighted by Gasteiger charge is 2.26. The topological polar surface area (TPSA) is 136 Å². The van der Waals surface area contributed by atoms with Gasteiger partial charge in [0.25, 0.3) is 11.8 Å². The number of amides is 2. The highest BCUT2D eigenvalue weighted by atomic mass is 35.5. The maximum atomic E-state index is 12.7. The second kappa shape index (κ2) is 10.2. The molecule has 9 nitrogen and oxygen atoms in total. The molecule has 0 aliphatic heterocycles. The molecule has 2 aromatic rings. The van der Waals surface area contributed by atoms with E-state index in [1.165, 1.54) is 29.4 Å². The first-order valence-corrected chi connectivity index (χ1v) is 11.9. The molecule has 168 valence electrons. The van der Waals surface area contributed by atoms with Crippen molar-refractivity contribution in [1.29, 1.82) is 0 Å². The molecule has 2 rings (SSSR count). The number of benzene rings is 1. The van der Waals surface area contributed by atoms with Crippen LogP contribution in [0.25, 0.3) is 0 Å². The number of rotatable bonds is 9. The second-order valence-electron chi connectivity index (χ2n) is 6.30. The lowest BCUT2D eigenvalue weighted by Crippen LogP contribution is -2.31. The number of sulfonamides is 1. The number of primary amides is 1. The fourth-order valence-corrected chi connectivity index (χ4v) is 5.10. The Labute approximate surface area is 189 Å². The van der Waals surface area contributed by atoms with Crippen LogP contribution in [0.1, 0.15) is 41.5 Å². The van der Waals surface area contributed by atoms with E-state index in [9.17, 15) is 22.8 Å². The standard InChI is InChI=1S/C19H22ClN3O6S2/c1-4-23(5-2)31(27,28)12-6-7-15(20)14(10-12)19(26)29-11(3)17(25)22-18-13(16(21)24)8-9-30-18/h6-11H,4-5H2,1-3H3,(H2,21,24)(H,22,25). The number of thiophene rings is 1. The summed E-state index contributed by atoms with van der Waals surface area (Å²) in [5, 5.41) is 4.26. The third-order valence-electron chi connectivity index (χ3n) is 4.32. The minimum atomic E-state index is -3.82. The molecule has 0 saturated carbocycles. The lowest BCUT2D eigenvalue weighted by molar-refractivity contribution is -0.123. The van der Waals surface area contributed by atoms with Crippen LogP contribution in [-0.2, 0) is 19.6 Å². The summed E-state index contributed by atoms with van der Waals surface area (Å²) < 4.78 is 31.8. The van der Waals surface area contributed by atoms with Crippen molar-refractivity contribution in [1.82, 2.24) is 4.31 Å². The molecule has 12 heteroatoms. The van der Waals surface area contributed by atoms with Crippen LogP contribution in [0.3, 0.4) is 0 Å². The van der Waals surface area contributed by atoms with Crippen LogP contribution >= 0.6 is 22.9 Å². The zero-order valence-electron chi connectivity index (χ0n) is 17.0. The summed E-state index contributed by atoms with van der Waals surface area (Å²) in [6, 6.07) is 5.16. The Morgan fingerprint density at radius 1 is 1.19 bits per heavy atom. The van der Waals surface area contributed by atoms with E-state index in [4.69, 9.17) is 22.1 Å². The fraction of sp³-hybridized carbons (Fsp3) is 0.316. The average molecular weight is 488 g/mol. The van der Waals surface area contributed by atoms with Crippen molar-refractivity contribution < 1.29 is 27.5 Å². The van der Waals surface area contributed by atoms with Crippen molar-refractivity contribution in [2.45, 2.75) is 31.8 Å². The van der Waals surface area contributed by atoms with Gasteiger partial charge in [0.2, 0.25) is 10.0 Å². The molecule has 1 aromatic carbocycles. The van der Waals surface area contributed by atoms with Crippen molar-refractivity contribution in [3.8, 4) is 0 Å². The quantitative estimate of drug-likeness (QED) is 0.522. The Hall–Kier alpha value is -2.47. The normalized spacial score (nSPS) is 12.4. The summed E-state index contributed by atoms with van der Waals surface area (Å²) in [6.07, 6.45) is -1.26. The number of anilines is 1. The van der Waals surface area contributed by atoms with Crippen LogP contribution < -0.4 is 11.1 Å². The van der Waals surface area contributed by atoms with Gasteiger partial charge in [-0.1, -0.05) is 25.4 Å². The minimum Gasteiger partial charge on any atom is -0.449 e. The van der Waals surface area contributed by atoms with Gasteiger partial charge in [0.15, 0.2) is 6.10 Å². The van der Waals surface area contributed by atoms with Crippen LogP contribution in [0.2, 0.25) is 5.02 Å². The van der Waals surface area contributed by atoms with Crippen molar-refractivity contribution in [2.75, 3.05) is 18.4 Å². The van der Waals surface area contributed by atoms with E-state index >= 15 is 0 Å². The Kier molecular flexibility index (Phi) is 8.18. The first-order chi connectivity index (χ1) is 14.5. The number of esters is 1. The number of carbonyl (C=O) groups excluding carboxylic acids is 3. The molecule has 0 saturated heterocycles. The zero-order chi connectivity index (χ0) is 23.3. The smallest absolute Gasteiger partial charge is 0.340 e. The van der Waals surface area contributed by atoms with Gasteiger partial charge >= 0.3 is 5.97 Å². The maximum Gasteiger partial charge on any atom is 0.340 e. The summed E-state index contributed by atoms with van der Waals surface area (Å²) in [6.45, 7) is 5.24. The van der Waals surface area contributed by atoms with Crippen LogP contribution in [0.4, 0.5) is 5.00 Å². The number of nitrogens with zero attached hydrogens (tertiary/aromatic N) is 1. The van der Waals surface area contributed by atoms with Gasteiger partial charge in [0.05, 0.1) is 21.0 Å². The molecule has 0 spiro atoms. The summed E-state index contributed by atoms with van der Waals surface area (Å²) in [5.74, 6) is -2.37. The SMILES string of the molecule is CCN(CC)S(=O)(=O)c1ccc(Cl)c(C(=O)OC(C)C(=O)Nc2sccc2C(N)=O)c1. The molecule has 1 unspecified atom stereocenters. The number of halogens is 1. The first kappa shape index (κ1) is 24.8. The highest BCUT2D eigenvalue weighted by Crippen LogP contribution is 2.25. The Balaban J connectivity index is 2.20. The fourth-order valence-electron chi connectivity index (χ4n) is 2.63. The molecule has 0 bridgehead atoms. The van der Waals surface area contributed by atoms with Crippen LogP contribution in [0.15, 0.2) is 34.5 Å². The average Bonchev–Trinajstić information content (AvgIpc) is 3.17.